The minimum atomic E-state index is -0.814. The van der Waals surface area contributed by atoms with Crippen LogP contribution in [-0.4, -0.2) is 33.7 Å². The fourth-order valence-corrected chi connectivity index (χ4v) is 6.05. The van der Waals surface area contributed by atoms with E-state index >= 15 is 0 Å². The predicted octanol–water partition coefficient (Wildman–Crippen LogP) is 3.04. The molecule has 0 radical (unpaired) electrons. The monoisotopic (exact) mass is 385 g/mol. The van der Waals surface area contributed by atoms with Crippen molar-refractivity contribution < 1.29 is 19.8 Å². The van der Waals surface area contributed by atoms with Crippen molar-refractivity contribution in [3.05, 3.63) is 35.4 Å². The van der Waals surface area contributed by atoms with Crippen LogP contribution in [0.3, 0.4) is 0 Å². The highest BCUT2D eigenvalue weighted by Gasteiger charge is 2.55. The van der Waals surface area contributed by atoms with Gasteiger partial charge >= 0.3 is 5.97 Å². The lowest BCUT2D eigenvalue weighted by Gasteiger charge is -2.58. The smallest absolute Gasteiger partial charge is 0.303 e. The summed E-state index contributed by atoms with van der Waals surface area (Å²) in [6.45, 7) is 3.87. The first-order valence-corrected chi connectivity index (χ1v) is 10.5. The number of carboxylic acid groups (broad SMARTS) is 1. The molecule has 0 aromatic heterocycles. The second-order valence-corrected chi connectivity index (χ2v) is 9.91. The van der Waals surface area contributed by atoms with Gasteiger partial charge in [-0.05, 0) is 81.3 Å². The van der Waals surface area contributed by atoms with Gasteiger partial charge in [0.1, 0.15) is 0 Å². The SMILES string of the molecule is CC(C)(C(=O)NC1[C@@H]2CC3C[C@H]1CC(O)(C3)C2)c1cccc(CCC(=O)O)c1. The van der Waals surface area contributed by atoms with Crippen molar-refractivity contribution in [3.8, 4) is 0 Å². The van der Waals surface area contributed by atoms with Gasteiger partial charge < -0.3 is 15.5 Å². The Morgan fingerprint density at radius 3 is 2.46 bits per heavy atom. The van der Waals surface area contributed by atoms with E-state index in [2.05, 4.69) is 5.32 Å². The third-order valence-electron chi connectivity index (χ3n) is 7.38. The Kier molecular flexibility index (Phi) is 4.77. The number of aliphatic carboxylic acids is 1. The number of amides is 1. The summed E-state index contributed by atoms with van der Waals surface area (Å²) in [6.07, 6.45) is 5.37. The molecule has 1 aromatic carbocycles. The van der Waals surface area contributed by atoms with Gasteiger partial charge in [0.2, 0.25) is 5.91 Å². The maximum atomic E-state index is 13.2. The van der Waals surface area contributed by atoms with E-state index in [0.717, 1.165) is 43.2 Å². The molecule has 4 aliphatic rings. The maximum absolute atomic E-state index is 13.2. The van der Waals surface area contributed by atoms with Crippen LogP contribution in [0.4, 0.5) is 0 Å². The highest BCUT2D eigenvalue weighted by molar-refractivity contribution is 5.87. The molecule has 0 spiro atoms. The van der Waals surface area contributed by atoms with Gasteiger partial charge in [-0.2, -0.15) is 0 Å². The molecule has 5 heteroatoms. The maximum Gasteiger partial charge on any atom is 0.303 e. The van der Waals surface area contributed by atoms with E-state index in [1.54, 1.807) is 0 Å². The number of aryl methyl sites for hydroxylation is 1. The van der Waals surface area contributed by atoms with Crippen LogP contribution in [0, 0.1) is 17.8 Å². The molecule has 1 aromatic rings. The number of rotatable bonds is 6. The van der Waals surface area contributed by atoms with E-state index in [1.165, 1.54) is 0 Å². The van der Waals surface area contributed by atoms with Gasteiger partial charge in [0.25, 0.3) is 0 Å². The zero-order valence-electron chi connectivity index (χ0n) is 16.8. The van der Waals surface area contributed by atoms with Crippen LogP contribution in [0.2, 0.25) is 0 Å². The first kappa shape index (κ1) is 19.4. The van der Waals surface area contributed by atoms with Gasteiger partial charge in [-0.25, -0.2) is 0 Å². The molecular weight excluding hydrogens is 354 g/mol. The summed E-state index contributed by atoms with van der Waals surface area (Å²) in [4.78, 5) is 24.1. The molecule has 1 amide bonds. The largest absolute Gasteiger partial charge is 0.481 e. The Morgan fingerprint density at radius 1 is 1.18 bits per heavy atom. The molecule has 4 saturated carbocycles. The third-order valence-corrected chi connectivity index (χ3v) is 7.38. The third kappa shape index (κ3) is 3.57. The number of hydrogen-bond acceptors (Lipinski definition) is 3. The van der Waals surface area contributed by atoms with Crippen LogP contribution in [0.5, 0.6) is 0 Å². The fourth-order valence-electron chi connectivity index (χ4n) is 6.05. The Hall–Kier alpha value is -1.88. The Bertz CT molecular complexity index is 771. The normalized spacial score (nSPS) is 33.7. The minimum Gasteiger partial charge on any atom is -0.481 e. The van der Waals surface area contributed by atoms with Crippen molar-refractivity contribution in [1.82, 2.24) is 5.32 Å². The summed E-state index contributed by atoms with van der Waals surface area (Å²) in [6, 6.07) is 7.89. The molecule has 4 aliphatic carbocycles. The van der Waals surface area contributed by atoms with Gasteiger partial charge in [0.05, 0.1) is 11.0 Å². The lowest BCUT2D eigenvalue weighted by Crippen LogP contribution is -2.62. The zero-order chi connectivity index (χ0) is 20.1. The van der Waals surface area contributed by atoms with Gasteiger partial charge in [-0.15, -0.1) is 0 Å². The van der Waals surface area contributed by atoms with Crippen LogP contribution in [0.1, 0.15) is 63.5 Å². The number of nitrogens with one attached hydrogen (secondary N) is 1. The summed E-state index contributed by atoms with van der Waals surface area (Å²) >= 11 is 0. The van der Waals surface area contributed by atoms with Gasteiger partial charge in [0, 0.05) is 12.5 Å². The minimum absolute atomic E-state index is 0.0207. The molecule has 4 bridgehead atoms. The fraction of sp³-hybridized carbons (Fsp3) is 0.652. The molecule has 28 heavy (non-hydrogen) atoms. The van der Waals surface area contributed by atoms with Gasteiger partial charge in [-0.1, -0.05) is 24.3 Å². The number of carbonyl (C=O) groups is 2. The van der Waals surface area contributed by atoms with Crippen LogP contribution in [-0.2, 0) is 21.4 Å². The number of carboxylic acids is 1. The van der Waals surface area contributed by atoms with Crippen molar-refractivity contribution in [1.29, 1.82) is 0 Å². The second-order valence-electron chi connectivity index (χ2n) is 9.91. The van der Waals surface area contributed by atoms with Gasteiger partial charge in [0.15, 0.2) is 0 Å². The van der Waals surface area contributed by atoms with E-state index in [9.17, 15) is 14.7 Å². The first-order valence-electron chi connectivity index (χ1n) is 10.5. The average Bonchev–Trinajstić information content (AvgIpc) is 2.61. The summed E-state index contributed by atoms with van der Waals surface area (Å²) < 4.78 is 0. The topological polar surface area (TPSA) is 86.6 Å². The first-order chi connectivity index (χ1) is 13.2. The molecule has 152 valence electrons. The van der Waals surface area contributed by atoms with Crippen LogP contribution < -0.4 is 5.32 Å². The summed E-state index contributed by atoms with van der Waals surface area (Å²) in [5.41, 5.74) is 0.671. The van der Waals surface area contributed by atoms with Crippen molar-refractivity contribution in [3.63, 3.8) is 0 Å². The lowest BCUT2D eigenvalue weighted by atomic mass is 9.52. The van der Waals surface area contributed by atoms with Crippen LogP contribution in [0.25, 0.3) is 0 Å². The van der Waals surface area contributed by atoms with Gasteiger partial charge in [-0.3, -0.25) is 9.59 Å². The molecule has 5 rings (SSSR count). The molecule has 0 aliphatic heterocycles. The highest BCUT2D eigenvalue weighted by atomic mass is 16.4. The summed E-state index contributed by atoms with van der Waals surface area (Å²) in [5, 5.41) is 23.0. The lowest BCUT2D eigenvalue weighted by molar-refractivity contribution is -0.148. The summed E-state index contributed by atoms with van der Waals surface area (Å²) in [5.74, 6) is 0.601. The van der Waals surface area contributed by atoms with Crippen LogP contribution in [0.15, 0.2) is 24.3 Å². The molecular formula is C23H31NO4. The van der Waals surface area contributed by atoms with E-state index in [-0.39, 0.29) is 18.4 Å². The van der Waals surface area contributed by atoms with Crippen molar-refractivity contribution in [2.45, 2.75) is 75.9 Å². The number of benzene rings is 1. The Morgan fingerprint density at radius 2 is 1.86 bits per heavy atom. The van der Waals surface area contributed by atoms with Crippen molar-refractivity contribution >= 4 is 11.9 Å². The molecule has 0 saturated heterocycles. The number of carbonyl (C=O) groups excluding carboxylic acids is 1. The number of aliphatic hydroxyl groups is 1. The quantitative estimate of drug-likeness (QED) is 0.702. The second kappa shape index (κ2) is 6.87. The van der Waals surface area contributed by atoms with E-state index < -0.39 is 17.0 Å². The molecule has 0 heterocycles. The molecule has 5 atom stereocenters. The molecule has 4 fully saturated rings. The Balaban J connectivity index is 1.47. The van der Waals surface area contributed by atoms with E-state index in [1.807, 2.05) is 38.1 Å². The van der Waals surface area contributed by atoms with E-state index in [4.69, 9.17) is 5.11 Å². The molecule has 3 N–H and O–H groups in total. The van der Waals surface area contributed by atoms with Crippen molar-refractivity contribution in [2.24, 2.45) is 17.8 Å². The van der Waals surface area contributed by atoms with E-state index in [0.29, 0.717) is 24.2 Å². The zero-order valence-corrected chi connectivity index (χ0v) is 16.8. The van der Waals surface area contributed by atoms with Crippen molar-refractivity contribution in [2.75, 3.05) is 0 Å². The van der Waals surface area contributed by atoms with Crippen LogP contribution >= 0.6 is 0 Å². The highest BCUT2D eigenvalue weighted by Crippen LogP contribution is 2.55. The standard InChI is InChI=1S/C23H31NO4/c1-22(2,18-5-3-4-14(10-18)6-7-19(25)26)21(27)24-20-16-8-15-9-17(20)13-23(28,11-15)12-16/h3-5,10,15-17,20,28H,6-9,11-13H2,1-2H3,(H,24,27)(H,25,26)/t15?,16-,17+,20?,23?. The average molecular weight is 386 g/mol. The predicted molar refractivity (Wildman–Crippen MR) is 106 cm³/mol. The number of hydrogen-bond donors (Lipinski definition) is 3. The Labute approximate surface area is 166 Å². The summed E-state index contributed by atoms with van der Waals surface area (Å²) in [7, 11) is 0. The molecule has 5 nitrogen and oxygen atoms in total. The molecule has 3 unspecified atom stereocenters.